The molecule has 0 atom stereocenters. The molecule has 0 unspecified atom stereocenters. The van der Waals surface area contributed by atoms with E-state index >= 15 is 0 Å². The summed E-state index contributed by atoms with van der Waals surface area (Å²) in [5.41, 5.74) is 16.9. The van der Waals surface area contributed by atoms with Gasteiger partial charge in [-0.05, 0) is 54.6 Å². The molecule has 0 amide bonds. The van der Waals surface area contributed by atoms with Crippen LogP contribution in [0.1, 0.15) is 5.56 Å². The summed E-state index contributed by atoms with van der Waals surface area (Å²) < 4.78 is 44.8. The number of alkyl halides is 3. The molecule has 0 aliphatic carbocycles. The fraction of sp³-hybridized carbons (Fsp3) is 0.0476. The third-order valence-corrected chi connectivity index (χ3v) is 4.63. The van der Waals surface area contributed by atoms with E-state index in [9.17, 15) is 13.2 Å². The molecule has 3 aromatic rings. The Bertz CT molecular complexity index is 1160. The topological polar surface area (TPSA) is 124 Å². The number of anilines is 1. The molecule has 0 spiro atoms. The van der Waals surface area contributed by atoms with Crippen molar-refractivity contribution in [3.63, 3.8) is 0 Å². The number of nitrogens with two attached hydrogens (primary N) is 3. The van der Waals surface area contributed by atoms with E-state index < -0.39 is 11.7 Å². The first-order chi connectivity index (χ1) is 15.1. The fourth-order valence-electron chi connectivity index (χ4n) is 2.63. The van der Waals surface area contributed by atoms with Crippen LogP contribution in [-0.4, -0.2) is 11.9 Å². The zero-order valence-electron chi connectivity index (χ0n) is 16.4. The van der Waals surface area contributed by atoms with Crippen molar-refractivity contribution in [2.45, 2.75) is 6.18 Å². The van der Waals surface area contributed by atoms with Gasteiger partial charge in [-0.2, -0.15) is 13.2 Å². The average Bonchev–Trinajstić information content (AvgIpc) is 2.70. The van der Waals surface area contributed by atoms with Gasteiger partial charge in [-0.3, -0.25) is 0 Å². The Kier molecular flexibility index (Phi) is 6.89. The molecule has 0 aliphatic rings. The number of nitrogens with one attached hydrogen (secondary N) is 1. The molecule has 0 saturated carbocycles. The summed E-state index contributed by atoms with van der Waals surface area (Å²) in [6, 6.07) is 17.2. The van der Waals surface area contributed by atoms with E-state index in [0.29, 0.717) is 22.9 Å². The van der Waals surface area contributed by atoms with Crippen LogP contribution in [-0.2, 0) is 6.18 Å². The predicted octanol–water partition coefficient (Wildman–Crippen LogP) is 5.22. The molecule has 0 aliphatic heterocycles. The van der Waals surface area contributed by atoms with Gasteiger partial charge < -0.3 is 27.3 Å². The molecular formula is C21H18BrF3N6O. The van der Waals surface area contributed by atoms with Gasteiger partial charge in [0.05, 0.1) is 16.9 Å². The number of halogens is 4. The summed E-state index contributed by atoms with van der Waals surface area (Å²) in [5.74, 6) is 0.924. The van der Waals surface area contributed by atoms with Crippen LogP contribution < -0.4 is 27.3 Å². The molecule has 0 bridgehead atoms. The predicted molar refractivity (Wildman–Crippen MR) is 122 cm³/mol. The SMILES string of the molecule is NC(N)=Nc1cccc(Oc2ccc(N=C(N)Nc3ccc(Br)c(C(F)(F)F)c3)cc2)c1. The number of hydrogen-bond acceptors (Lipinski definition) is 3. The first-order valence-electron chi connectivity index (χ1n) is 9.06. The number of ether oxygens (including phenoxy) is 1. The first kappa shape index (κ1) is 22.9. The van der Waals surface area contributed by atoms with Crippen molar-refractivity contribution in [1.82, 2.24) is 0 Å². The molecule has 3 rings (SSSR count). The van der Waals surface area contributed by atoms with Crippen LogP contribution in [0.5, 0.6) is 11.5 Å². The Hall–Kier alpha value is -3.73. The summed E-state index contributed by atoms with van der Waals surface area (Å²) in [6.07, 6.45) is -4.50. The van der Waals surface area contributed by atoms with E-state index in [1.807, 2.05) is 0 Å². The molecular weight excluding hydrogens is 489 g/mol. The van der Waals surface area contributed by atoms with Gasteiger partial charge >= 0.3 is 6.18 Å². The Morgan fingerprint density at radius 3 is 2.22 bits per heavy atom. The lowest BCUT2D eigenvalue weighted by Crippen LogP contribution is -2.22. The number of guanidine groups is 2. The van der Waals surface area contributed by atoms with Gasteiger partial charge in [0.25, 0.3) is 0 Å². The minimum atomic E-state index is -4.50. The highest BCUT2D eigenvalue weighted by atomic mass is 79.9. The zero-order valence-corrected chi connectivity index (χ0v) is 18.0. The van der Waals surface area contributed by atoms with Gasteiger partial charge in [-0.1, -0.05) is 22.0 Å². The van der Waals surface area contributed by atoms with Gasteiger partial charge in [-0.25, -0.2) is 9.98 Å². The van der Waals surface area contributed by atoms with E-state index in [0.717, 1.165) is 6.07 Å². The first-order valence-corrected chi connectivity index (χ1v) is 9.85. The van der Waals surface area contributed by atoms with Gasteiger partial charge in [0.1, 0.15) is 11.5 Å². The van der Waals surface area contributed by atoms with Crippen LogP contribution in [0.2, 0.25) is 0 Å². The highest BCUT2D eigenvalue weighted by Crippen LogP contribution is 2.36. The number of benzene rings is 3. The largest absolute Gasteiger partial charge is 0.457 e. The number of hydrogen-bond donors (Lipinski definition) is 4. The van der Waals surface area contributed by atoms with Gasteiger partial charge in [-0.15, -0.1) is 0 Å². The summed E-state index contributed by atoms with van der Waals surface area (Å²) in [5, 5.41) is 2.65. The third-order valence-electron chi connectivity index (χ3n) is 3.94. The normalized spacial score (nSPS) is 11.7. The number of nitrogens with zero attached hydrogens (tertiary/aromatic N) is 2. The van der Waals surface area contributed by atoms with E-state index in [2.05, 4.69) is 31.2 Å². The van der Waals surface area contributed by atoms with Crippen molar-refractivity contribution in [3.8, 4) is 11.5 Å². The summed E-state index contributed by atoms with van der Waals surface area (Å²) in [6.45, 7) is 0. The van der Waals surface area contributed by atoms with Crippen LogP contribution in [0.3, 0.4) is 0 Å². The van der Waals surface area contributed by atoms with Crippen LogP contribution in [0.15, 0.2) is 81.2 Å². The second-order valence-corrected chi connectivity index (χ2v) is 7.30. The molecule has 11 heteroatoms. The second kappa shape index (κ2) is 9.60. The van der Waals surface area contributed by atoms with Crippen molar-refractivity contribution in [2.24, 2.45) is 27.2 Å². The number of aliphatic imine (C=N–C) groups is 2. The summed E-state index contributed by atoms with van der Waals surface area (Å²) in [7, 11) is 0. The maximum atomic E-state index is 13.0. The Morgan fingerprint density at radius 2 is 1.56 bits per heavy atom. The highest BCUT2D eigenvalue weighted by Gasteiger charge is 2.33. The van der Waals surface area contributed by atoms with Crippen molar-refractivity contribution in [2.75, 3.05) is 5.32 Å². The Balaban J connectivity index is 1.69. The van der Waals surface area contributed by atoms with Gasteiger partial charge in [0.2, 0.25) is 0 Å². The molecule has 0 aromatic heterocycles. The van der Waals surface area contributed by atoms with Crippen molar-refractivity contribution < 1.29 is 17.9 Å². The maximum absolute atomic E-state index is 13.0. The third kappa shape index (κ3) is 6.38. The summed E-state index contributed by atoms with van der Waals surface area (Å²) >= 11 is 2.89. The fourth-order valence-corrected chi connectivity index (χ4v) is 3.10. The standard InChI is InChI=1S/C21H18BrF3N6O/c22-18-9-6-14(11-17(18)21(23,24)25)31-20(28)30-12-4-7-15(8-5-12)32-16-3-1-2-13(10-16)29-19(26)27/h1-11H,(H4,26,27,29)(H3,28,30,31). The van der Waals surface area contributed by atoms with Crippen molar-refractivity contribution >= 4 is 44.9 Å². The quantitative estimate of drug-likeness (QED) is 0.278. The lowest BCUT2D eigenvalue weighted by Gasteiger charge is -2.12. The molecule has 166 valence electrons. The van der Waals surface area contributed by atoms with Crippen LogP contribution in [0, 0.1) is 0 Å². The summed E-state index contributed by atoms with van der Waals surface area (Å²) in [4.78, 5) is 8.11. The van der Waals surface area contributed by atoms with Gasteiger partial charge in [0, 0.05) is 16.2 Å². The van der Waals surface area contributed by atoms with Crippen molar-refractivity contribution in [1.29, 1.82) is 0 Å². The second-order valence-electron chi connectivity index (χ2n) is 6.44. The van der Waals surface area contributed by atoms with Gasteiger partial charge in [0.15, 0.2) is 11.9 Å². The molecule has 7 N–H and O–H groups in total. The number of rotatable bonds is 5. The lowest BCUT2D eigenvalue weighted by molar-refractivity contribution is -0.138. The van der Waals surface area contributed by atoms with E-state index in [4.69, 9.17) is 21.9 Å². The Morgan fingerprint density at radius 1 is 0.844 bits per heavy atom. The van der Waals surface area contributed by atoms with Crippen LogP contribution >= 0.6 is 15.9 Å². The molecule has 0 saturated heterocycles. The molecule has 3 aromatic carbocycles. The minimum Gasteiger partial charge on any atom is -0.457 e. The monoisotopic (exact) mass is 506 g/mol. The van der Waals surface area contributed by atoms with E-state index in [1.165, 1.54) is 12.1 Å². The van der Waals surface area contributed by atoms with Crippen LogP contribution in [0.25, 0.3) is 0 Å². The smallest absolute Gasteiger partial charge is 0.417 e. The lowest BCUT2D eigenvalue weighted by atomic mass is 10.2. The van der Waals surface area contributed by atoms with E-state index in [1.54, 1.807) is 48.5 Å². The highest BCUT2D eigenvalue weighted by molar-refractivity contribution is 9.10. The average molecular weight is 507 g/mol. The Labute approximate surface area is 189 Å². The van der Waals surface area contributed by atoms with Crippen LogP contribution in [0.4, 0.5) is 30.2 Å². The molecule has 0 fully saturated rings. The molecule has 7 nitrogen and oxygen atoms in total. The van der Waals surface area contributed by atoms with Crippen molar-refractivity contribution in [3.05, 3.63) is 76.8 Å². The van der Waals surface area contributed by atoms with E-state index in [-0.39, 0.29) is 22.1 Å². The minimum absolute atomic E-state index is 0.0617. The molecule has 0 radical (unpaired) electrons. The zero-order chi connectivity index (χ0) is 23.3. The maximum Gasteiger partial charge on any atom is 0.417 e. The molecule has 32 heavy (non-hydrogen) atoms. The molecule has 0 heterocycles.